The van der Waals surface area contributed by atoms with Gasteiger partial charge < -0.3 is 16.8 Å². The Balaban J connectivity index is 3.55. The van der Waals surface area contributed by atoms with E-state index in [-0.39, 0.29) is 6.04 Å². The number of nitrogens with two attached hydrogens (primary N) is 2. The maximum atomic E-state index is 10.4. The molecule has 4 heteroatoms. The molecule has 2 unspecified atom stereocenters. The van der Waals surface area contributed by atoms with E-state index in [1.165, 1.54) is 0 Å². The van der Waals surface area contributed by atoms with Gasteiger partial charge in [-0.05, 0) is 6.92 Å². The summed E-state index contributed by atoms with van der Waals surface area (Å²) < 4.78 is 0. The number of rotatable bonds is 4. The Morgan fingerprint density at radius 3 is 2.73 bits per heavy atom. The van der Waals surface area contributed by atoms with Crippen molar-refractivity contribution in [1.82, 2.24) is 5.32 Å². The van der Waals surface area contributed by atoms with Gasteiger partial charge in [0.2, 0.25) is 5.91 Å². The number of hydrogen-bond donors (Lipinski definition) is 3. The van der Waals surface area contributed by atoms with Crippen LogP contribution in [-0.2, 0) is 4.79 Å². The highest BCUT2D eigenvalue weighted by molar-refractivity contribution is 5.79. The van der Waals surface area contributed by atoms with E-state index in [1.54, 1.807) is 6.92 Å². The van der Waals surface area contributed by atoms with E-state index in [9.17, 15) is 4.79 Å². The first-order valence-electron chi connectivity index (χ1n) is 3.32. The van der Waals surface area contributed by atoms with E-state index >= 15 is 0 Å². The van der Waals surface area contributed by atoms with Crippen molar-refractivity contribution < 1.29 is 4.79 Å². The molecular formula is C7H13N3O. The Bertz CT molecular complexity index is 173. The lowest BCUT2D eigenvalue weighted by atomic mass is 10.2. The van der Waals surface area contributed by atoms with Gasteiger partial charge in [0.25, 0.3) is 0 Å². The lowest BCUT2D eigenvalue weighted by Gasteiger charge is -2.10. The number of nitrogens with one attached hydrogen (secondary N) is 1. The number of hydrogen-bond acceptors (Lipinski definition) is 3. The van der Waals surface area contributed by atoms with E-state index in [1.807, 2.05) is 0 Å². The van der Waals surface area contributed by atoms with Crippen molar-refractivity contribution in [2.24, 2.45) is 11.5 Å². The molecule has 0 aliphatic heterocycles. The van der Waals surface area contributed by atoms with Crippen LogP contribution in [0.25, 0.3) is 0 Å². The van der Waals surface area contributed by atoms with Crippen molar-refractivity contribution in [2.75, 3.05) is 6.54 Å². The Hall–Kier alpha value is -1.05. The summed E-state index contributed by atoms with van der Waals surface area (Å²) in [4.78, 5) is 10.4. The van der Waals surface area contributed by atoms with Crippen LogP contribution in [0.2, 0.25) is 0 Å². The Morgan fingerprint density at radius 2 is 2.36 bits per heavy atom. The molecule has 0 heterocycles. The summed E-state index contributed by atoms with van der Waals surface area (Å²) in [6.45, 7) is 2.12. The topological polar surface area (TPSA) is 81.1 Å². The molecule has 0 saturated carbocycles. The molecule has 0 rings (SSSR count). The molecule has 0 saturated heterocycles. The molecule has 0 radical (unpaired) electrons. The summed E-state index contributed by atoms with van der Waals surface area (Å²) in [5.74, 6) is 1.91. The van der Waals surface area contributed by atoms with E-state index < -0.39 is 11.9 Å². The van der Waals surface area contributed by atoms with Gasteiger partial charge in [0.15, 0.2) is 0 Å². The first-order valence-corrected chi connectivity index (χ1v) is 3.32. The number of terminal acetylenes is 1. The monoisotopic (exact) mass is 155 g/mol. The first-order chi connectivity index (χ1) is 5.07. The summed E-state index contributed by atoms with van der Waals surface area (Å²) in [7, 11) is 0. The van der Waals surface area contributed by atoms with Crippen LogP contribution in [0.5, 0.6) is 0 Å². The molecule has 0 bridgehead atoms. The van der Waals surface area contributed by atoms with Crippen LogP contribution < -0.4 is 16.8 Å². The average molecular weight is 155 g/mol. The fraction of sp³-hybridized carbons (Fsp3) is 0.571. The number of carbonyl (C=O) groups is 1. The van der Waals surface area contributed by atoms with E-state index in [4.69, 9.17) is 17.9 Å². The summed E-state index contributed by atoms with van der Waals surface area (Å²) in [6.07, 6.45) is 5.06. The smallest absolute Gasteiger partial charge is 0.235 e. The zero-order valence-electron chi connectivity index (χ0n) is 6.50. The van der Waals surface area contributed by atoms with Gasteiger partial charge in [-0.1, -0.05) is 5.92 Å². The summed E-state index contributed by atoms with van der Waals surface area (Å²) in [5, 5.41) is 2.85. The van der Waals surface area contributed by atoms with Crippen LogP contribution in [0, 0.1) is 12.3 Å². The number of amides is 1. The van der Waals surface area contributed by atoms with Crippen LogP contribution in [0.3, 0.4) is 0 Å². The van der Waals surface area contributed by atoms with E-state index in [0.29, 0.717) is 6.54 Å². The quantitative estimate of drug-likeness (QED) is 0.428. The Kier molecular flexibility index (Phi) is 4.27. The molecule has 0 aromatic heterocycles. The molecule has 0 aromatic carbocycles. The van der Waals surface area contributed by atoms with Crippen molar-refractivity contribution in [3.8, 4) is 12.3 Å². The van der Waals surface area contributed by atoms with Gasteiger partial charge in [-0.3, -0.25) is 4.79 Å². The first kappa shape index (κ1) is 9.95. The molecule has 0 aromatic rings. The predicted molar refractivity (Wildman–Crippen MR) is 43.5 cm³/mol. The maximum absolute atomic E-state index is 10.4. The number of primary amides is 1. The fourth-order valence-electron chi connectivity index (χ4n) is 0.463. The van der Waals surface area contributed by atoms with Crippen LogP contribution in [0.1, 0.15) is 6.92 Å². The van der Waals surface area contributed by atoms with Crippen LogP contribution in [0.15, 0.2) is 0 Å². The molecule has 0 spiro atoms. The van der Waals surface area contributed by atoms with Crippen molar-refractivity contribution >= 4 is 5.91 Å². The second-order valence-corrected chi connectivity index (χ2v) is 2.31. The van der Waals surface area contributed by atoms with Gasteiger partial charge in [-0.25, -0.2) is 0 Å². The molecule has 0 aliphatic carbocycles. The van der Waals surface area contributed by atoms with Gasteiger partial charge in [-0.2, -0.15) is 0 Å². The minimum absolute atomic E-state index is 0.0830. The van der Waals surface area contributed by atoms with Crippen LogP contribution in [-0.4, -0.2) is 24.5 Å². The second kappa shape index (κ2) is 4.72. The predicted octanol–water partition coefficient (Wildman–Crippen LogP) is -1.59. The highest BCUT2D eigenvalue weighted by Crippen LogP contribution is 1.78. The third-order valence-electron chi connectivity index (χ3n) is 1.26. The summed E-state index contributed by atoms with van der Waals surface area (Å²) in [6, 6.07) is -0.744. The molecule has 1 amide bonds. The SMILES string of the molecule is C#CC(C)NCC(N)C(N)=O. The molecule has 2 atom stereocenters. The zero-order chi connectivity index (χ0) is 8.85. The van der Waals surface area contributed by atoms with Crippen molar-refractivity contribution in [3.05, 3.63) is 0 Å². The fourth-order valence-corrected chi connectivity index (χ4v) is 0.463. The van der Waals surface area contributed by atoms with Gasteiger partial charge in [0.1, 0.15) is 0 Å². The van der Waals surface area contributed by atoms with E-state index in [0.717, 1.165) is 0 Å². The maximum Gasteiger partial charge on any atom is 0.235 e. The molecular weight excluding hydrogens is 142 g/mol. The average Bonchev–Trinajstić information content (AvgIpc) is 1.99. The van der Waals surface area contributed by atoms with Crippen molar-refractivity contribution in [2.45, 2.75) is 19.0 Å². The standard InChI is InChI=1S/C7H13N3O/c1-3-5(2)10-4-6(8)7(9)11/h1,5-6,10H,4,8H2,2H3,(H2,9,11). The summed E-state index contributed by atoms with van der Waals surface area (Å²) in [5.41, 5.74) is 10.2. The molecule has 4 nitrogen and oxygen atoms in total. The molecule has 5 N–H and O–H groups in total. The lowest BCUT2D eigenvalue weighted by Crippen LogP contribution is -2.46. The minimum atomic E-state index is -0.661. The molecule has 0 aliphatic rings. The Morgan fingerprint density at radius 1 is 1.82 bits per heavy atom. The third kappa shape index (κ3) is 4.37. The van der Waals surface area contributed by atoms with Gasteiger partial charge >= 0.3 is 0 Å². The zero-order valence-corrected chi connectivity index (χ0v) is 6.50. The third-order valence-corrected chi connectivity index (χ3v) is 1.26. The largest absolute Gasteiger partial charge is 0.368 e. The highest BCUT2D eigenvalue weighted by atomic mass is 16.1. The Labute approximate surface area is 66.3 Å². The van der Waals surface area contributed by atoms with Crippen LogP contribution >= 0.6 is 0 Å². The summed E-state index contributed by atoms with van der Waals surface area (Å²) >= 11 is 0. The normalized spacial score (nSPS) is 15.0. The second-order valence-electron chi connectivity index (χ2n) is 2.31. The number of carbonyl (C=O) groups excluding carboxylic acids is 1. The molecule has 62 valence electrons. The molecule has 0 fully saturated rings. The minimum Gasteiger partial charge on any atom is -0.368 e. The van der Waals surface area contributed by atoms with Gasteiger partial charge in [0.05, 0.1) is 12.1 Å². The van der Waals surface area contributed by atoms with Crippen LogP contribution in [0.4, 0.5) is 0 Å². The van der Waals surface area contributed by atoms with Crippen molar-refractivity contribution in [3.63, 3.8) is 0 Å². The van der Waals surface area contributed by atoms with Crippen molar-refractivity contribution in [1.29, 1.82) is 0 Å². The highest BCUT2D eigenvalue weighted by Gasteiger charge is 2.08. The van der Waals surface area contributed by atoms with E-state index in [2.05, 4.69) is 11.2 Å². The lowest BCUT2D eigenvalue weighted by molar-refractivity contribution is -0.119. The molecule has 11 heavy (non-hydrogen) atoms. The van der Waals surface area contributed by atoms with Gasteiger partial charge in [-0.15, -0.1) is 6.42 Å². The van der Waals surface area contributed by atoms with Gasteiger partial charge in [0, 0.05) is 6.54 Å².